The highest BCUT2D eigenvalue weighted by atomic mass is 16.5. The fourth-order valence-corrected chi connectivity index (χ4v) is 2.50. The second kappa shape index (κ2) is 7.70. The third-order valence-corrected chi connectivity index (χ3v) is 4.07. The molecule has 0 radical (unpaired) electrons. The third-order valence-electron chi connectivity index (χ3n) is 4.07. The summed E-state index contributed by atoms with van der Waals surface area (Å²) in [5.41, 5.74) is 1.21. The molecule has 2 aromatic carbocycles. The molecule has 27 heavy (non-hydrogen) atoms. The van der Waals surface area contributed by atoms with Crippen molar-refractivity contribution in [2.75, 3.05) is 23.8 Å². The molecular weight excluding hydrogens is 344 g/mol. The van der Waals surface area contributed by atoms with Crippen LogP contribution >= 0.6 is 0 Å². The Kier molecular flexibility index (Phi) is 5.35. The van der Waals surface area contributed by atoms with Crippen LogP contribution in [0.5, 0.6) is 11.5 Å². The van der Waals surface area contributed by atoms with Gasteiger partial charge in [0, 0.05) is 28.8 Å². The van der Waals surface area contributed by atoms with Crippen molar-refractivity contribution < 1.29 is 19.1 Å². The number of benzene rings is 2. The van der Waals surface area contributed by atoms with E-state index in [1.165, 1.54) is 0 Å². The summed E-state index contributed by atoms with van der Waals surface area (Å²) in [4.78, 5) is 24.7. The summed E-state index contributed by atoms with van der Waals surface area (Å²) < 4.78 is 11.2. The molecule has 0 saturated heterocycles. The number of carbonyl (C=O) groups is 2. The zero-order valence-corrected chi connectivity index (χ0v) is 15.8. The molecule has 0 aromatic heterocycles. The molecule has 0 saturated carbocycles. The maximum Gasteiger partial charge on any atom is 0.255 e. The van der Waals surface area contributed by atoms with E-state index < -0.39 is 5.41 Å². The first-order valence-corrected chi connectivity index (χ1v) is 8.95. The summed E-state index contributed by atoms with van der Waals surface area (Å²) in [6.07, 6.45) is 0.809. The molecule has 1 heterocycles. The molecular formula is C21H24N2O4. The number of fused-ring (bicyclic) bond motifs is 1. The second-order valence-electron chi connectivity index (χ2n) is 7.45. The fraction of sp³-hybridized carbons (Fsp3) is 0.333. The van der Waals surface area contributed by atoms with Crippen LogP contribution in [0.1, 0.15) is 37.6 Å². The Bertz CT molecular complexity index is 856. The van der Waals surface area contributed by atoms with Crippen LogP contribution in [0.3, 0.4) is 0 Å². The molecule has 1 aliphatic rings. The molecule has 0 unspecified atom stereocenters. The minimum Gasteiger partial charge on any atom is -0.490 e. The lowest BCUT2D eigenvalue weighted by molar-refractivity contribution is -0.123. The third kappa shape index (κ3) is 4.78. The molecule has 6 heteroatoms. The van der Waals surface area contributed by atoms with E-state index in [-0.39, 0.29) is 11.8 Å². The molecule has 2 amide bonds. The molecule has 0 fully saturated rings. The number of amides is 2. The number of rotatable bonds is 3. The number of ether oxygens (including phenoxy) is 2. The molecule has 2 aromatic rings. The zero-order valence-electron chi connectivity index (χ0n) is 15.8. The van der Waals surface area contributed by atoms with E-state index in [9.17, 15) is 9.59 Å². The van der Waals surface area contributed by atoms with Gasteiger partial charge in [-0.3, -0.25) is 9.59 Å². The van der Waals surface area contributed by atoms with Crippen LogP contribution in [-0.4, -0.2) is 25.0 Å². The number of hydrogen-bond acceptors (Lipinski definition) is 4. The molecule has 3 rings (SSSR count). The van der Waals surface area contributed by atoms with E-state index in [1.807, 2.05) is 20.8 Å². The highest BCUT2D eigenvalue weighted by Gasteiger charge is 2.21. The molecule has 0 bridgehead atoms. The quantitative estimate of drug-likeness (QED) is 0.856. The van der Waals surface area contributed by atoms with Crippen molar-refractivity contribution in [3.05, 3.63) is 48.0 Å². The zero-order chi connectivity index (χ0) is 19.4. The van der Waals surface area contributed by atoms with Crippen LogP contribution < -0.4 is 20.1 Å². The number of hydrogen-bond donors (Lipinski definition) is 2. The van der Waals surface area contributed by atoms with Gasteiger partial charge >= 0.3 is 0 Å². The minimum absolute atomic E-state index is 0.0890. The van der Waals surface area contributed by atoms with E-state index in [1.54, 1.807) is 42.5 Å². The normalized spacial score (nSPS) is 13.4. The van der Waals surface area contributed by atoms with Gasteiger partial charge in [-0.15, -0.1) is 0 Å². The Morgan fingerprint density at radius 1 is 0.889 bits per heavy atom. The largest absolute Gasteiger partial charge is 0.490 e. The van der Waals surface area contributed by atoms with Crippen LogP contribution in [0, 0.1) is 5.41 Å². The summed E-state index contributed by atoms with van der Waals surface area (Å²) in [5, 5.41) is 5.70. The molecule has 0 aliphatic carbocycles. The van der Waals surface area contributed by atoms with Crippen LogP contribution in [0.15, 0.2) is 42.5 Å². The Morgan fingerprint density at radius 3 is 2.26 bits per heavy atom. The van der Waals surface area contributed by atoms with E-state index in [2.05, 4.69) is 10.6 Å². The van der Waals surface area contributed by atoms with Gasteiger partial charge in [-0.2, -0.15) is 0 Å². The van der Waals surface area contributed by atoms with Gasteiger partial charge in [-0.25, -0.2) is 0 Å². The van der Waals surface area contributed by atoms with Crippen molar-refractivity contribution in [2.24, 2.45) is 5.41 Å². The standard InChI is InChI=1S/C21H24N2O4/c1-21(2,3)20(25)23-16-7-4-6-15(13-16)22-19(24)14-8-9-17-18(12-14)27-11-5-10-26-17/h4,6-9,12-13H,5,10-11H2,1-3H3,(H,22,24)(H,23,25). The Hall–Kier alpha value is -3.02. The van der Waals surface area contributed by atoms with Crippen LogP contribution in [0.4, 0.5) is 11.4 Å². The fourth-order valence-electron chi connectivity index (χ4n) is 2.50. The maximum absolute atomic E-state index is 12.6. The molecule has 142 valence electrons. The number of carbonyl (C=O) groups excluding carboxylic acids is 2. The van der Waals surface area contributed by atoms with Gasteiger partial charge in [0.15, 0.2) is 11.5 Å². The van der Waals surface area contributed by atoms with Crippen LogP contribution in [0.2, 0.25) is 0 Å². The molecule has 2 N–H and O–H groups in total. The van der Waals surface area contributed by atoms with Gasteiger partial charge < -0.3 is 20.1 Å². The van der Waals surface area contributed by atoms with Crippen molar-refractivity contribution >= 4 is 23.2 Å². The summed E-state index contributed by atoms with van der Waals surface area (Å²) in [7, 11) is 0. The van der Waals surface area contributed by atoms with E-state index >= 15 is 0 Å². The topological polar surface area (TPSA) is 76.7 Å². The van der Waals surface area contributed by atoms with Crippen molar-refractivity contribution in [1.29, 1.82) is 0 Å². The highest BCUT2D eigenvalue weighted by molar-refractivity contribution is 6.05. The summed E-state index contributed by atoms with van der Waals surface area (Å²) in [6.45, 7) is 6.70. The van der Waals surface area contributed by atoms with Gasteiger partial charge in [-0.1, -0.05) is 26.8 Å². The second-order valence-corrected chi connectivity index (χ2v) is 7.45. The van der Waals surface area contributed by atoms with Gasteiger partial charge in [0.2, 0.25) is 5.91 Å². The van der Waals surface area contributed by atoms with Crippen LogP contribution in [0.25, 0.3) is 0 Å². The Balaban J connectivity index is 1.72. The molecule has 0 atom stereocenters. The smallest absolute Gasteiger partial charge is 0.255 e. The predicted octanol–water partition coefficient (Wildman–Crippen LogP) is 4.08. The Morgan fingerprint density at radius 2 is 1.56 bits per heavy atom. The van der Waals surface area contributed by atoms with Crippen molar-refractivity contribution in [2.45, 2.75) is 27.2 Å². The van der Waals surface area contributed by atoms with Crippen molar-refractivity contribution in [3.63, 3.8) is 0 Å². The number of nitrogens with one attached hydrogen (secondary N) is 2. The first kappa shape index (κ1) is 18.8. The van der Waals surface area contributed by atoms with Gasteiger partial charge in [-0.05, 0) is 36.4 Å². The molecule has 1 aliphatic heterocycles. The van der Waals surface area contributed by atoms with Crippen molar-refractivity contribution in [1.82, 2.24) is 0 Å². The highest BCUT2D eigenvalue weighted by Crippen LogP contribution is 2.30. The monoisotopic (exact) mass is 368 g/mol. The molecule has 0 spiro atoms. The summed E-state index contributed by atoms with van der Waals surface area (Å²) >= 11 is 0. The predicted molar refractivity (Wildman–Crippen MR) is 105 cm³/mol. The summed E-state index contributed by atoms with van der Waals surface area (Å²) in [5.74, 6) is 0.876. The van der Waals surface area contributed by atoms with E-state index in [0.717, 1.165) is 6.42 Å². The lowest BCUT2D eigenvalue weighted by atomic mass is 9.95. The molecule has 6 nitrogen and oxygen atoms in total. The SMILES string of the molecule is CC(C)(C)C(=O)Nc1cccc(NC(=O)c2ccc3c(c2)OCCCO3)c1. The van der Waals surface area contributed by atoms with Gasteiger partial charge in [0.25, 0.3) is 5.91 Å². The summed E-state index contributed by atoms with van der Waals surface area (Å²) in [6, 6.07) is 12.2. The average Bonchev–Trinajstić information content (AvgIpc) is 2.85. The average molecular weight is 368 g/mol. The lowest BCUT2D eigenvalue weighted by Gasteiger charge is -2.18. The van der Waals surface area contributed by atoms with E-state index in [0.29, 0.717) is 41.7 Å². The van der Waals surface area contributed by atoms with Gasteiger partial charge in [0.1, 0.15) is 0 Å². The van der Waals surface area contributed by atoms with Crippen molar-refractivity contribution in [3.8, 4) is 11.5 Å². The number of anilines is 2. The Labute approximate surface area is 158 Å². The van der Waals surface area contributed by atoms with Gasteiger partial charge in [0.05, 0.1) is 13.2 Å². The first-order chi connectivity index (χ1) is 12.8. The minimum atomic E-state index is -0.497. The lowest BCUT2D eigenvalue weighted by Crippen LogP contribution is -2.27. The first-order valence-electron chi connectivity index (χ1n) is 8.95. The van der Waals surface area contributed by atoms with E-state index in [4.69, 9.17) is 9.47 Å². The van der Waals surface area contributed by atoms with Crippen LogP contribution in [-0.2, 0) is 4.79 Å². The maximum atomic E-state index is 12.6.